The molecule has 19 heavy (non-hydrogen) atoms. The molecule has 0 amide bonds. The highest BCUT2D eigenvalue weighted by atomic mass is 16.5. The summed E-state index contributed by atoms with van der Waals surface area (Å²) in [5.41, 5.74) is 1.23. The van der Waals surface area contributed by atoms with Crippen molar-refractivity contribution >= 4 is 0 Å². The Kier molecular flexibility index (Phi) is 5.64. The number of nitrogens with one attached hydrogen (secondary N) is 1. The van der Waals surface area contributed by atoms with Crippen LogP contribution in [0.25, 0.3) is 0 Å². The van der Waals surface area contributed by atoms with Crippen LogP contribution < -0.4 is 10.1 Å². The molecule has 1 aromatic heterocycles. The molecular weight excluding hydrogens is 236 g/mol. The minimum Gasteiger partial charge on any atom is -0.495 e. The van der Waals surface area contributed by atoms with Gasteiger partial charge in [-0.05, 0) is 37.4 Å². The number of nitrogens with zero attached hydrogens (tertiary/aromatic N) is 1. The van der Waals surface area contributed by atoms with E-state index in [1.54, 1.807) is 13.3 Å². The molecule has 0 spiro atoms. The number of hydrogen-bond donors (Lipinski definition) is 1. The van der Waals surface area contributed by atoms with E-state index in [1.807, 2.05) is 13.2 Å². The van der Waals surface area contributed by atoms with Crippen molar-refractivity contribution in [2.75, 3.05) is 14.2 Å². The van der Waals surface area contributed by atoms with E-state index in [4.69, 9.17) is 4.74 Å². The zero-order chi connectivity index (χ0) is 13.5. The van der Waals surface area contributed by atoms with Crippen LogP contribution in [-0.2, 0) is 0 Å². The molecule has 0 aromatic carbocycles. The summed E-state index contributed by atoms with van der Waals surface area (Å²) >= 11 is 0. The van der Waals surface area contributed by atoms with E-state index < -0.39 is 0 Å². The highest BCUT2D eigenvalue weighted by molar-refractivity contribution is 5.25. The number of hydrogen-bond acceptors (Lipinski definition) is 3. The number of ether oxygens (including phenoxy) is 1. The van der Waals surface area contributed by atoms with E-state index in [1.165, 1.54) is 50.5 Å². The number of aromatic nitrogens is 1. The average molecular weight is 262 g/mol. The maximum atomic E-state index is 5.25. The molecule has 1 unspecified atom stereocenters. The van der Waals surface area contributed by atoms with Gasteiger partial charge in [-0.3, -0.25) is 4.98 Å². The molecule has 1 heterocycles. The molecule has 0 bridgehead atoms. The molecule has 3 heteroatoms. The van der Waals surface area contributed by atoms with E-state index in [0.29, 0.717) is 6.04 Å². The van der Waals surface area contributed by atoms with Gasteiger partial charge in [0.2, 0.25) is 0 Å². The molecule has 0 aliphatic heterocycles. The summed E-state index contributed by atoms with van der Waals surface area (Å²) in [6.45, 7) is 0. The van der Waals surface area contributed by atoms with Crippen molar-refractivity contribution in [3.8, 4) is 5.75 Å². The molecule has 1 aliphatic carbocycles. The molecule has 1 fully saturated rings. The predicted octanol–water partition coefficient (Wildman–Crippen LogP) is 3.71. The zero-order valence-corrected chi connectivity index (χ0v) is 12.2. The van der Waals surface area contributed by atoms with Crippen molar-refractivity contribution in [2.45, 2.75) is 51.0 Å². The van der Waals surface area contributed by atoms with Crippen molar-refractivity contribution in [1.82, 2.24) is 10.3 Å². The second-order valence-electron chi connectivity index (χ2n) is 5.58. The second-order valence-corrected chi connectivity index (χ2v) is 5.58. The van der Waals surface area contributed by atoms with Crippen molar-refractivity contribution < 1.29 is 4.74 Å². The van der Waals surface area contributed by atoms with Gasteiger partial charge in [-0.1, -0.05) is 32.1 Å². The lowest BCUT2D eigenvalue weighted by Gasteiger charge is -2.24. The number of rotatable bonds is 6. The van der Waals surface area contributed by atoms with E-state index in [9.17, 15) is 0 Å². The first-order valence-electron chi connectivity index (χ1n) is 7.49. The third kappa shape index (κ3) is 4.20. The summed E-state index contributed by atoms with van der Waals surface area (Å²) in [5.74, 6) is 1.78. The Morgan fingerprint density at radius 3 is 2.79 bits per heavy atom. The Bertz CT molecular complexity index is 375. The van der Waals surface area contributed by atoms with E-state index in [-0.39, 0.29) is 0 Å². The standard InChI is InChI=1S/C16H26N2O/c1-17-16(9-8-13-6-4-3-5-7-13)14-10-15(19-2)12-18-11-14/h10-13,16-17H,3-9H2,1-2H3. The monoisotopic (exact) mass is 262 g/mol. The molecule has 0 saturated heterocycles. The SMILES string of the molecule is CNC(CCC1CCCCC1)c1cncc(OC)c1. The Morgan fingerprint density at radius 1 is 1.32 bits per heavy atom. The van der Waals surface area contributed by atoms with Gasteiger partial charge in [0.25, 0.3) is 0 Å². The smallest absolute Gasteiger partial charge is 0.137 e. The minimum atomic E-state index is 0.393. The number of methoxy groups -OCH3 is 1. The Morgan fingerprint density at radius 2 is 2.11 bits per heavy atom. The average Bonchev–Trinajstić information content (AvgIpc) is 2.49. The first kappa shape index (κ1) is 14.3. The van der Waals surface area contributed by atoms with Crippen LogP contribution in [0.5, 0.6) is 5.75 Å². The van der Waals surface area contributed by atoms with E-state index in [2.05, 4.69) is 16.4 Å². The van der Waals surface area contributed by atoms with Crippen LogP contribution in [0.3, 0.4) is 0 Å². The van der Waals surface area contributed by atoms with Gasteiger partial charge >= 0.3 is 0 Å². The van der Waals surface area contributed by atoms with Gasteiger partial charge < -0.3 is 10.1 Å². The highest BCUT2D eigenvalue weighted by Crippen LogP contribution is 2.30. The van der Waals surface area contributed by atoms with Crippen LogP contribution in [-0.4, -0.2) is 19.1 Å². The fourth-order valence-corrected chi connectivity index (χ4v) is 3.09. The summed E-state index contributed by atoms with van der Waals surface area (Å²) < 4.78 is 5.25. The lowest BCUT2D eigenvalue weighted by Crippen LogP contribution is -2.18. The molecule has 2 rings (SSSR count). The van der Waals surface area contributed by atoms with Crippen LogP contribution in [0.15, 0.2) is 18.5 Å². The Balaban J connectivity index is 1.91. The van der Waals surface area contributed by atoms with Gasteiger partial charge in [-0.25, -0.2) is 0 Å². The fraction of sp³-hybridized carbons (Fsp3) is 0.688. The number of pyridine rings is 1. The van der Waals surface area contributed by atoms with Crippen LogP contribution >= 0.6 is 0 Å². The van der Waals surface area contributed by atoms with Crippen LogP contribution in [0.2, 0.25) is 0 Å². The molecule has 0 radical (unpaired) electrons. The van der Waals surface area contributed by atoms with Crippen LogP contribution in [0, 0.1) is 5.92 Å². The fourth-order valence-electron chi connectivity index (χ4n) is 3.09. The van der Waals surface area contributed by atoms with Crippen molar-refractivity contribution in [3.05, 3.63) is 24.0 Å². The van der Waals surface area contributed by atoms with Gasteiger partial charge in [0.1, 0.15) is 5.75 Å². The molecule has 1 N–H and O–H groups in total. The maximum Gasteiger partial charge on any atom is 0.137 e. The topological polar surface area (TPSA) is 34.2 Å². The van der Waals surface area contributed by atoms with Gasteiger partial charge in [0, 0.05) is 12.2 Å². The second kappa shape index (κ2) is 7.49. The minimum absolute atomic E-state index is 0.393. The molecule has 1 aliphatic rings. The zero-order valence-electron chi connectivity index (χ0n) is 12.2. The van der Waals surface area contributed by atoms with E-state index in [0.717, 1.165) is 11.7 Å². The highest BCUT2D eigenvalue weighted by Gasteiger charge is 2.17. The van der Waals surface area contributed by atoms with Gasteiger partial charge in [-0.15, -0.1) is 0 Å². The van der Waals surface area contributed by atoms with Crippen molar-refractivity contribution in [3.63, 3.8) is 0 Å². The summed E-state index contributed by atoms with van der Waals surface area (Å²) in [6.07, 6.45) is 13.4. The third-order valence-electron chi connectivity index (χ3n) is 4.31. The molecule has 1 saturated carbocycles. The summed E-state index contributed by atoms with van der Waals surface area (Å²) in [4.78, 5) is 4.25. The lowest BCUT2D eigenvalue weighted by atomic mass is 9.84. The summed E-state index contributed by atoms with van der Waals surface area (Å²) in [7, 11) is 3.72. The molecule has 1 atom stereocenters. The van der Waals surface area contributed by atoms with Gasteiger partial charge in [0.05, 0.1) is 13.3 Å². The molecular formula is C16H26N2O. The Hall–Kier alpha value is -1.09. The third-order valence-corrected chi connectivity index (χ3v) is 4.31. The first-order valence-corrected chi connectivity index (χ1v) is 7.49. The Labute approximate surface area is 116 Å². The van der Waals surface area contributed by atoms with Crippen LogP contribution in [0.1, 0.15) is 56.6 Å². The quantitative estimate of drug-likeness (QED) is 0.848. The largest absolute Gasteiger partial charge is 0.495 e. The first-order chi connectivity index (χ1) is 9.33. The predicted molar refractivity (Wildman–Crippen MR) is 78.4 cm³/mol. The van der Waals surface area contributed by atoms with E-state index >= 15 is 0 Å². The van der Waals surface area contributed by atoms with Crippen molar-refractivity contribution in [2.24, 2.45) is 5.92 Å². The molecule has 106 valence electrons. The maximum absolute atomic E-state index is 5.25. The van der Waals surface area contributed by atoms with Crippen molar-refractivity contribution in [1.29, 1.82) is 0 Å². The molecule has 1 aromatic rings. The van der Waals surface area contributed by atoms with Gasteiger partial charge in [-0.2, -0.15) is 0 Å². The van der Waals surface area contributed by atoms with Gasteiger partial charge in [0.15, 0.2) is 0 Å². The summed E-state index contributed by atoms with van der Waals surface area (Å²) in [5, 5.41) is 3.41. The normalized spacial score (nSPS) is 18.2. The molecule has 3 nitrogen and oxygen atoms in total. The van der Waals surface area contributed by atoms with Crippen LogP contribution in [0.4, 0.5) is 0 Å². The lowest BCUT2D eigenvalue weighted by molar-refractivity contribution is 0.317. The summed E-state index contributed by atoms with van der Waals surface area (Å²) in [6, 6.07) is 2.49.